The number of carbonyl (C=O) groups excluding carboxylic acids is 1. The minimum Gasteiger partial charge on any atom is -0.351 e. The van der Waals surface area contributed by atoms with Gasteiger partial charge in [-0.1, -0.05) is 23.7 Å². The van der Waals surface area contributed by atoms with Gasteiger partial charge in [0.15, 0.2) is 5.78 Å². The number of benzene rings is 1. The van der Waals surface area contributed by atoms with Gasteiger partial charge in [0, 0.05) is 28.7 Å². The second-order valence-electron chi connectivity index (χ2n) is 8.42. The first-order chi connectivity index (χ1) is 15.2. The molecule has 6 heteroatoms. The predicted molar refractivity (Wildman–Crippen MR) is 122 cm³/mol. The summed E-state index contributed by atoms with van der Waals surface area (Å²) in [5, 5.41) is 4.18. The molecule has 1 unspecified atom stereocenters. The minimum absolute atomic E-state index is 0.100. The van der Waals surface area contributed by atoms with Crippen LogP contribution < -0.4 is 5.32 Å². The highest BCUT2D eigenvalue weighted by atomic mass is 35.5. The lowest BCUT2D eigenvalue weighted by Gasteiger charge is -2.42. The number of carbonyl (C=O) groups is 1. The maximum absolute atomic E-state index is 13.9. The number of ketones is 1. The first-order valence-corrected chi connectivity index (χ1v) is 11.2. The maximum Gasteiger partial charge on any atom is 0.163 e. The van der Waals surface area contributed by atoms with Crippen molar-refractivity contribution in [2.75, 3.05) is 13.1 Å². The molecular weight excluding hydrogens is 408 g/mol. The van der Waals surface area contributed by atoms with Gasteiger partial charge in [-0.25, -0.2) is 4.98 Å². The molecule has 2 aromatic heterocycles. The van der Waals surface area contributed by atoms with E-state index in [1.54, 1.807) is 24.7 Å². The summed E-state index contributed by atoms with van der Waals surface area (Å²) in [6.07, 6.45) is 12.1. The SMILES string of the molecule is O=C(/C=C/c1c[nH]cn1)C1(C2c3ccc(Cl)cc3CCc3cccnc32)CCNCC1. The van der Waals surface area contributed by atoms with E-state index in [0.717, 1.165) is 55.2 Å². The van der Waals surface area contributed by atoms with Crippen molar-refractivity contribution >= 4 is 23.5 Å². The molecule has 1 aliphatic carbocycles. The van der Waals surface area contributed by atoms with Gasteiger partial charge in [-0.3, -0.25) is 9.78 Å². The number of pyridine rings is 1. The normalized spacial score (nSPS) is 20.1. The summed E-state index contributed by atoms with van der Waals surface area (Å²) in [6, 6.07) is 10.3. The van der Waals surface area contributed by atoms with Crippen LogP contribution in [-0.4, -0.2) is 33.8 Å². The van der Waals surface area contributed by atoms with Crippen LogP contribution in [-0.2, 0) is 17.6 Å². The van der Waals surface area contributed by atoms with Crippen LogP contribution in [0.2, 0.25) is 5.02 Å². The Bertz CT molecular complexity index is 1120. The van der Waals surface area contributed by atoms with E-state index < -0.39 is 5.41 Å². The maximum atomic E-state index is 13.9. The zero-order chi connectivity index (χ0) is 21.3. The van der Waals surface area contributed by atoms with Crippen LogP contribution in [0.4, 0.5) is 0 Å². The standard InChI is InChI=1S/C25H25ClN4O/c26-19-5-7-21-18(14-19)4-3-17-2-1-11-29-24(17)23(21)25(9-12-27-13-10-25)22(31)8-6-20-15-28-16-30-20/h1-2,5-8,11,14-16,23,27H,3-4,9-10,12-13H2,(H,28,30)/b8-6+. The van der Waals surface area contributed by atoms with Gasteiger partial charge >= 0.3 is 0 Å². The van der Waals surface area contributed by atoms with Crippen LogP contribution in [0.1, 0.15) is 46.8 Å². The molecule has 5 rings (SSSR count). The molecule has 1 saturated heterocycles. The number of aryl methyl sites for hydroxylation is 2. The molecule has 2 aliphatic rings. The van der Waals surface area contributed by atoms with Crippen LogP contribution in [0.25, 0.3) is 6.08 Å². The van der Waals surface area contributed by atoms with Gasteiger partial charge in [0.1, 0.15) is 0 Å². The third-order valence-corrected chi connectivity index (χ3v) is 6.98. The molecule has 0 spiro atoms. The number of piperidine rings is 1. The van der Waals surface area contributed by atoms with Crippen molar-refractivity contribution in [3.63, 3.8) is 0 Å². The van der Waals surface area contributed by atoms with E-state index in [0.29, 0.717) is 0 Å². The fourth-order valence-electron chi connectivity index (χ4n) is 5.21. The average molecular weight is 433 g/mol. The monoisotopic (exact) mass is 432 g/mol. The Balaban J connectivity index is 1.68. The van der Waals surface area contributed by atoms with Crippen LogP contribution in [0, 0.1) is 5.41 Å². The highest BCUT2D eigenvalue weighted by Crippen LogP contribution is 2.50. The molecule has 5 nitrogen and oxygen atoms in total. The van der Waals surface area contributed by atoms with Crippen molar-refractivity contribution in [1.82, 2.24) is 20.3 Å². The lowest BCUT2D eigenvalue weighted by Crippen LogP contribution is -2.46. The molecule has 0 amide bonds. The van der Waals surface area contributed by atoms with Crippen molar-refractivity contribution in [1.29, 1.82) is 0 Å². The van der Waals surface area contributed by atoms with E-state index in [4.69, 9.17) is 16.6 Å². The first-order valence-electron chi connectivity index (χ1n) is 10.8. The fourth-order valence-corrected chi connectivity index (χ4v) is 5.41. The molecule has 1 fully saturated rings. The number of rotatable bonds is 4. The second kappa shape index (κ2) is 8.40. The van der Waals surface area contributed by atoms with Gasteiger partial charge in [-0.05, 0) is 85.8 Å². The fraction of sp³-hybridized carbons (Fsp3) is 0.320. The summed E-state index contributed by atoms with van der Waals surface area (Å²) in [4.78, 5) is 25.9. The zero-order valence-corrected chi connectivity index (χ0v) is 18.0. The molecule has 0 radical (unpaired) electrons. The van der Waals surface area contributed by atoms with E-state index >= 15 is 0 Å². The van der Waals surface area contributed by atoms with Crippen molar-refractivity contribution in [3.8, 4) is 0 Å². The van der Waals surface area contributed by atoms with E-state index in [1.165, 1.54) is 16.7 Å². The Kier molecular flexibility index (Phi) is 5.47. The van der Waals surface area contributed by atoms with Crippen LogP contribution >= 0.6 is 11.6 Å². The number of fused-ring (bicyclic) bond motifs is 2. The van der Waals surface area contributed by atoms with Gasteiger partial charge in [0.2, 0.25) is 0 Å². The van der Waals surface area contributed by atoms with Crippen molar-refractivity contribution in [2.24, 2.45) is 5.41 Å². The van der Waals surface area contributed by atoms with E-state index in [2.05, 4.69) is 33.5 Å². The quantitative estimate of drug-likeness (QED) is 0.601. The number of hydrogen-bond donors (Lipinski definition) is 2. The summed E-state index contributed by atoms with van der Waals surface area (Å²) < 4.78 is 0. The Labute approximate surface area is 187 Å². The van der Waals surface area contributed by atoms with Gasteiger partial charge in [0.05, 0.1) is 17.7 Å². The molecule has 1 aromatic carbocycles. The molecule has 1 aliphatic heterocycles. The third-order valence-electron chi connectivity index (χ3n) is 6.74. The van der Waals surface area contributed by atoms with E-state index in [1.807, 2.05) is 18.3 Å². The topological polar surface area (TPSA) is 70.7 Å². The number of aromatic amines is 1. The molecule has 3 aromatic rings. The number of H-pyrrole nitrogens is 1. The van der Waals surface area contributed by atoms with Gasteiger partial charge in [-0.2, -0.15) is 0 Å². The first kappa shape index (κ1) is 20.2. The lowest BCUT2D eigenvalue weighted by atomic mass is 9.62. The molecule has 3 heterocycles. The summed E-state index contributed by atoms with van der Waals surface area (Å²) in [6.45, 7) is 1.62. The van der Waals surface area contributed by atoms with Crippen molar-refractivity contribution in [2.45, 2.75) is 31.6 Å². The molecule has 2 N–H and O–H groups in total. The number of nitrogens with zero attached hydrogens (tertiary/aromatic N) is 2. The molecule has 1 atom stereocenters. The van der Waals surface area contributed by atoms with Crippen molar-refractivity contribution < 1.29 is 4.79 Å². The van der Waals surface area contributed by atoms with Crippen molar-refractivity contribution in [3.05, 3.63) is 88.2 Å². The predicted octanol–water partition coefficient (Wildman–Crippen LogP) is 4.34. The Morgan fingerprint density at radius 1 is 1.13 bits per heavy atom. The molecular formula is C25H25ClN4O. The van der Waals surface area contributed by atoms with Gasteiger partial charge < -0.3 is 10.3 Å². The number of imidazole rings is 1. The average Bonchev–Trinajstić information content (AvgIpc) is 3.26. The third kappa shape index (κ3) is 3.73. The van der Waals surface area contributed by atoms with E-state index in [-0.39, 0.29) is 11.7 Å². The highest BCUT2D eigenvalue weighted by Gasteiger charge is 2.48. The summed E-state index contributed by atoms with van der Waals surface area (Å²) in [7, 11) is 0. The number of nitrogens with one attached hydrogen (secondary N) is 2. The number of halogens is 1. The largest absolute Gasteiger partial charge is 0.351 e. The van der Waals surface area contributed by atoms with Crippen LogP contribution in [0.3, 0.4) is 0 Å². The summed E-state index contributed by atoms with van der Waals surface area (Å²) in [5.41, 5.74) is 4.86. The molecule has 0 saturated carbocycles. The Hall–Kier alpha value is -2.76. The lowest BCUT2D eigenvalue weighted by molar-refractivity contribution is -0.126. The summed E-state index contributed by atoms with van der Waals surface area (Å²) in [5.74, 6) is 0.0401. The Morgan fingerprint density at radius 3 is 2.77 bits per heavy atom. The minimum atomic E-state index is -0.561. The number of hydrogen-bond acceptors (Lipinski definition) is 4. The van der Waals surface area contributed by atoms with Crippen LogP contribution in [0.5, 0.6) is 0 Å². The molecule has 158 valence electrons. The Morgan fingerprint density at radius 2 is 1.97 bits per heavy atom. The van der Waals surface area contributed by atoms with Crippen LogP contribution in [0.15, 0.2) is 55.1 Å². The number of allylic oxidation sites excluding steroid dienone is 1. The zero-order valence-electron chi connectivity index (χ0n) is 17.3. The molecule has 31 heavy (non-hydrogen) atoms. The smallest absolute Gasteiger partial charge is 0.163 e. The van der Waals surface area contributed by atoms with Gasteiger partial charge in [0.25, 0.3) is 0 Å². The highest BCUT2D eigenvalue weighted by molar-refractivity contribution is 6.30. The van der Waals surface area contributed by atoms with Gasteiger partial charge in [-0.15, -0.1) is 0 Å². The van der Waals surface area contributed by atoms with E-state index in [9.17, 15) is 4.79 Å². The number of aromatic nitrogens is 3. The summed E-state index contributed by atoms with van der Waals surface area (Å²) >= 11 is 6.37. The molecule has 0 bridgehead atoms. The second-order valence-corrected chi connectivity index (χ2v) is 8.86.